The van der Waals surface area contributed by atoms with Crippen molar-refractivity contribution in [3.05, 3.63) is 95.5 Å². The number of benzene rings is 3. The molecule has 0 saturated heterocycles. The van der Waals surface area contributed by atoms with Crippen molar-refractivity contribution in [2.24, 2.45) is 0 Å². The molecule has 0 amide bonds. The van der Waals surface area contributed by atoms with Crippen LogP contribution in [0.2, 0.25) is 0 Å². The summed E-state index contributed by atoms with van der Waals surface area (Å²) in [6, 6.07) is 18.5. The lowest BCUT2D eigenvalue weighted by molar-refractivity contribution is 0.355. The van der Waals surface area contributed by atoms with Gasteiger partial charge in [-0.15, -0.1) is 0 Å². The van der Waals surface area contributed by atoms with E-state index in [-0.39, 0.29) is 18.3 Å². The molecule has 0 atom stereocenters. The molecule has 9 heteroatoms. The summed E-state index contributed by atoms with van der Waals surface area (Å²) in [4.78, 5) is 13.0. The van der Waals surface area contributed by atoms with Gasteiger partial charge >= 0.3 is 6.01 Å². The average molecular weight is 471 g/mol. The molecule has 5 rings (SSSR count). The number of nitrogens with one attached hydrogen (secondary N) is 1. The van der Waals surface area contributed by atoms with Crippen LogP contribution in [0.15, 0.2) is 71.5 Å². The third-order valence-electron chi connectivity index (χ3n) is 5.56. The van der Waals surface area contributed by atoms with Crippen LogP contribution in [0, 0.1) is 5.82 Å². The van der Waals surface area contributed by atoms with Gasteiger partial charge in [-0.1, -0.05) is 41.6 Å². The van der Waals surface area contributed by atoms with Crippen molar-refractivity contribution in [1.82, 2.24) is 20.1 Å². The Hall–Kier alpha value is -4.53. The molecule has 0 aliphatic rings. The van der Waals surface area contributed by atoms with Crippen LogP contribution in [0.5, 0.6) is 11.5 Å². The number of halogens is 1. The Bertz CT molecular complexity index is 1470. The molecule has 0 aliphatic heterocycles. The van der Waals surface area contributed by atoms with Gasteiger partial charge in [-0.2, -0.15) is 4.98 Å². The van der Waals surface area contributed by atoms with Crippen molar-refractivity contribution in [3.8, 4) is 11.5 Å². The van der Waals surface area contributed by atoms with Crippen molar-refractivity contribution in [2.75, 3.05) is 19.5 Å². The van der Waals surface area contributed by atoms with Gasteiger partial charge in [-0.3, -0.25) is 0 Å². The smallest absolute Gasteiger partial charge is 0.325 e. The molecular formula is C26H22FN5O3. The second-order valence-electron chi connectivity index (χ2n) is 7.83. The lowest BCUT2D eigenvalue weighted by Gasteiger charge is -2.11. The maximum atomic E-state index is 15.0. The number of methoxy groups -OCH3 is 2. The molecule has 5 aromatic rings. The number of nitrogens with zero attached hydrogens (tertiary/aromatic N) is 4. The molecule has 0 radical (unpaired) electrons. The summed E-state index contributed by atoms with van der Waals surface area (Å²) in [7, 11) is 3.13. The average Bonchev–Trinajstić information content (AvgIpc) is 3.32. The van der Waals surface area contributed by atoms with Crippen LogP contribution in [0.4, 0.5) is 16.1 Å². The van der Waals surface area contributed by atoms with Crippen LogP contribution in [0.3, 0.4) is 0 Å². The number of aromatic nitrogens is 4. The molecule has 176 valence electrons. The van der Waals surface area contributed by atoms with E-state index in [0.717, 1.165) is 10.9 Å². The Kier molecular flexibility index (Phi) is 6.21. The quantitative estimate of drug-likeness (QED) is 0.334. The molecule has 2 aromatic heterocycles. The standard InChI is InChI=1S/C26H22FN5O3/c1-33-23-13-19-21(28-15-29-22(19)14-24(23)34-2)11-17-8-9-18(12-20(17)27)30-26-31-25(32-35-26)10-16-6-4-3-5-7-16/h3-9,12-15H,10-11H2,1-2H3,(H,30,31,32). The highest BCUT2D eigenvalue weighted by Gasteiger charge is 2.14. The van der Waals surface area contributed by atoms with Gasteiger partial charge in [0, 0.05) is 30.0 Å². The predicted octanol–water partition coefficient (Wildman–Crippen LogP) is 5.09. The first-order valence-electron chi connectivity index (χ1n) is 10.9. The third kappa shape index (κ3) is 4.89. The Labute approximate surface area is 200 Å². The van der Waals surface area contributed by atoms with Gasteiger partial charge in [0.1, 0.15) is 12.1 Å². The summed E-state index contributed by atoms with van der Waals surface area (Å²) in [6.45, 7) is 0. The van der Waals surface area contributed by atoms with E-state index in [1.807, 2.05) is 30.3 Å². The summed E-state index contributed by atoms with van der Waals surface area (Å²) in [6.07, 6.45) is 2.28. The van der Waals surface area contributed by atoms with Crippen LogP contribution in [0.25, 0.3) is 10.9 Å². The van der Waals surface area contributed by atoms with Crippen molar-refractivity contribution < 1.29 is 18.4 Å². The van der Waals surface area contributed by atoms with Crippen LogP contribution in [-0.2, 0) is 12.8 Å². The topological polar surface area (TPSA) is 95.2 Å². The van der Waals surface area contributed by atoms with Gasteiger partial charge in [0.2, 0.25) is 0 Å². The summed E-state index contributed by atoms with van der Waals surface area (Å²) in [5.41, 5.74) is 3.43. The molecule has 0 aliphatic carbocycles. The van der Waals surface area contributed by atoms with E-state index < -0.39 is 0 Å². The van der Waals surface area contributed by atoms with Crippen LogP contribution in [-0.4, -0.2) is 34.3 Å². The minimum Gasteiger partial charge on any atom is -0.493 e. The summed E-state index contributed by atoms with van der Waals surface area (Å²) >= 11 is 0. The van der Waals surface area contributed by atoms with E-state index in [0.29, 0.717) is 46.2 Å². The Morgan fingerprint density at radius 2 is 1.71 bits per heavy atom. The zero-order valence-corrected chi connectivity index (χ0v) is 19.2. The van der Waals surface area contributed by atoms with Gasteiger partial charge in [-0.05, 0) is 29.3 Å². The first-order chi connectivity index (χ1) is 17.1. The fourth-order valence-electron chi connectivity index (χ4n) is 3.80. The molecule has 35 heavy (non-hydrogen) atoms. The van der Waals surface area contributed by atoms with E-state index in [2.05, 4.69) is 25.4 Å². The minimum atomic E-state index is -0.383. The molecule has 0 fully saturated rings. The van der Waals surface area contributed by atoms with Crippen molar-refractivity contribution in [1.29, 1.82) is 0 Å². The lowest BCUT2D eigenvalue weighted by Crippen LogP contribution is -2.00. The number of ether oxygens (including phenoxy) is 2. The third-order valence-corrected chi connectivity index (χ3v) is 5.56. The van der Waals surface area contributed by atoms with E-state index in [1.165, 1.54) is 12.4 Å². The molecule has 0 unspecified atom stereocenters. The maximum Gasteiger partial charge on any atom is 0.325 e. The first kappa shape index (κ1) is 22.3. The van der Waals surface area contributed by atoms with Gasteiger partial charge in [-0.25, -0.2) is 14.4 Å². The van der Waals surface area contributed by atoms with Gasteiger partial charge in [0.15, 0.2) is 17.3 Å². The monoisotopic (exact) mass is 471 g/mol. The number of hydrogen-bond acceptors (Lipinski definition) is 8. The van der Waals surface area contributed by atoms with E-state index in [9.17, 15) is 0 Å². The predicted molar refractivity (Wildman–Crippen MR) is 129 cm³/mol. The SMILES string of the molecule is COc1cc2ncnc(Cc3ccc(Nc4nc(Cc5ccccc5)no4)cc3F)c2cc1OC. The fourth-order valence-corrected chi connectivity index (χ4v) is 3.80. The molecule has 8 nitrogen and oxygen atoms in total. The molecule has 0 bridgehead atoms. The summed E-state index contributed by atoms with van der Waals surface area (Å²) in [5, 5.41) is 7.71. The second kappa shape index (κ2) is 9.76. The molecule has 2 heterocycles. The summed E-state index contributed by atoms with van der Waals surface area (Å²) in [5.74, 6) is 1.28. The Morgan fingerprint density at radius 3 is 2.49 bits per heavy atom. The fraction of sp³-hybridized carbons (Fsp3) is 0.154. The normalized spacial score (nSPS) is 10.9. The second-order valence-corrected chi connectivity index (χ2v) is 7.83. The molecule has 3 aromatic carbocycles. The number of rotatable bonds is 8. The first-order valence-corrected chi connectivity index (χ1v) is 10.9. The van der Waals surface area contributed by atoms with Gasteiger partial charge in [0.05, 0.1) is 25.4 Å². The largest absolute Gasteiger partial charge is 0.493 e. The number of fused-ring (bicyclic) bond motifs is 1. The maximum absolute atomic E-state index is 15.0. The van der Waals surface area contributed by atoms with Gasteiger partial charge < -0.3 is 19.3 Å². The zero-order chi connectivity index (χ0) is 24.2. The summed E-state index contributed by atoms with van der Waals surface area (Å²) < 4.78 is 31.0. The van der Waals surface area contributed by atoms with Crippen LogP contribution in [0.1, 0.15) is 22.6 Å². The van der Waals surface area contributed by atoms with Crippen molar-refractivity contribution >= 4 is 22.6 Å². The molecule has 0 spiro atoms. The van der Waals surface area contributed by atoms with E-state index >= 15 is 4.39 Å². The van der Waals surface area contributed by atoms with Crippen LogP contribution < -0.4 is 14.8 Å². The highest BCUT2D eigenvalue weighted by molar-refractivity contribution is 5.84. The van der Waals surface area contributed by atoms with Crippen molar-refractivity contribution in [2.45, 2.75) is 12.8 Å². The van der Waals surface area contributed by atoms with E-state index in [1.54, 1.807) is 38.5 Å². The zero-order valence-electron chi connectivity index (χ0n) is 19.2. The lowest BCUT2D eigenvalue weighted by atomic mass is 10.0. The van der Waals surface area contributed by atoms with Gasteiger partial charge in [0.25, 0.3) is 0 Å². The minimum absolute atomic E-state index is 0.200. The van der Waals surface area contributed by atoms with Crippen molar-refractivity contribution in [3.63, 3.8) is 0 Å². The molecule has 1 N–H and O–H groups in total. The number of hydrogen-bond donors (Lipinski definition) is 1. The highest BCUT2D eigenvalue weighted by atomic mass is 19.1. The number of anilines is 2. The Balaban J connectivity index is 1.33. The molecule has 0 saturated carbocycles. The van der Waals surface area contributed by atoms with E-state index in [4.69, 9.17) is 14.0 Å². The Morgan fingerprint density at radius 1 is 0.914 bits per heavy atom. The van der Waals surface area contributed by atoms with Crippen LogP contribution >= 0.6 is 0 Å². The highest BCUT2D eigenvalue weighted by Crippen LogP contribution is 2.33. The molecular weight excluding hydrogens is 449 g/mol.